The van der Waals surface area contributed by atoms with E-state index in [4.69, 9.17) is 0 Å². The zero-order valence-corrected chi connectivity index (χ0v) is 9.64. The summed E-state index contributed by atoms with van der Waals surface area (Å²) in [5.74, 6) is 0. The van der Waals surface area contributed by atoms with E-state index in [-0.39, 0.29) is 0 Å². The van der Waals surface area contributed by atoms with Crippen molar-refractivity contribution in [2.24, 2.45) is 0 Å². The third-order valence-electron chi connectivity index (χ3n) is 1.32. The van der Waals surface area contributed by atoms with E-state index >= 15 is 0 Å². The van der Waals surface area contributed by atoms with Crippen LogP contribution in [0, 0.1) is 7.53 Å². The van der Waals surface area contributed by atoms with Crippen molar-refractivity contribution in [1.29, 1.82) is 0 Å². The van der Waals surface area contributed by atoms with Crippen molar-refractivity contribution in [2.75, 3.05) is 0 Å². The molecule has 0 bridgehead atoms. The van der Waals surface area contributed by atoms with E-state index in [1.165, 1.54) is 0 Å². The Bertz CT molecular complexity index is 360. The molecule has 0 aliphatic rings. The Hall–Kier alpha value is 0.0800. The van der Waals surface area contributed by atoms with Crippen LogP contribution in [0.2, 0.25) is 0 Å². The van der Waals surface area contributed by atoms with Crippen LogP contribution in [-0.4, -0.2) is 14.4 Å². The van der Waals surface area contributed by atoms with Gasteiger partial charge in [-0.05, 0) is 28.7 Å². The zero-order valence-electron chi connectivity index (χ0n) is 5.33. The number of imidazole rings is 1. The van der Waals surface area contributed by atoms with Crippen LogP contribution >= 0.6 is 45.2 Å². The second-order valence-electron chi connectivity index (χ2n) is 1.98. The average Bonchev–Trinajstić information content (AvgIpc) is 2.30. The Labute approximate surface area is 90.5 Å². The Kier molecular flexibility index (Phi) is 2.00. The van der Waals surface area contributed by atoms with Crippen molar-refractivity contribution in [3.8, 4) is 0 Å². The van der Waals surface area contributed by atoms with E-state index < -0.39 is 0 Å². The van der Waals surface area contributed by atoms with E-state index in [2.05, 4.69) is 55.1 Å². The molecule has 0 aliphatic carbocycles. The number of nitrogens with zero attached hydrogens (tertiary/aromatic N) is 3. The molecule has 0 saturated heterocycles. The first-order chi connectivity index (χ1) is 5.29. The topological polar surface area (TPSA) is 30.2 Å². The summed E-state index contributed by atoms with van der Waals surface area (Å²) in [6.07, 6.45) is 3.73. The maximum absolute atomic E-state index is 4.26. The second kappa shape index (κ2) is 2.85. The molecule has 2 heterocycles. The monoisotopic (exact) mass is 371 g/mol. The summed E-state index contributed by atoms with van der Waals surface area (Å²) in [7, 11) is 0. The lowest BCUT2D eigenvalue weighted by molar-refractivity contribution is 1.06. The second-order valence-corrected chi connectivity index (χ2v) is 3.97. The minimum absolute atomic E-state index is 0.928. The van der Waals surface area contributed by atoms with Gasteiger partial charge in [-0.15, -0.1) is 0 Å². The quantitative estimate of drug-likeness (QED) is 0.663. The molecule has 0 saturated carbocycles. The number of fused-ring (bicyclic) bond motifs is 1. The lowest BCUT2D eigenvalue weighted by atomic mass is 10.6. The van der Waals surface area contributed by atoms with Crippen molar-refractivity contribution in [3.05, 3.63) is 26.0 Å². The average molecular weight is 371 g/mol. The smallest absolute Gasteiger partial charge is 0.178 e. The van der Waals surface area contributed by atoms with Crippen molar-refractivity contribution in [2.45, 2.75) is 0 Å². The summed E-state index contributed by atoms with van der Waals surface area (Å²) in [6.45, 7) is 0. The molecule has 0 fully saturated rings. The molecule has 56 valence electrons. The molecule has 0 radical (unpaired) electrons. The van der Waals surface area contributed by atoms with Crippen LogP contribution in [0.25, 0.3) is 5.65 Å². The van der Waals surface area contributed by atoms with Gasteiger partial charge in [0.2, 0.25) is 0 Å². The molecule has 2 rings (SSSR count). The maximum atomic E-state index is 4.26. The van der Waals surface area contributed by atoms with Crippen LogP contribution in [0.3, 0.4) is 0 Å². The van der Waals surface area contributed by atoms with Gasteiger partial charge in [-0.1, -0.05) is 0 Å². The molecule has 0 atom stereocenters. The molecule has 5 heteroatoms. The molecule has 0 aliphatic heterocycles. The molecule has 2 aromatic heterocycles. The van der Waals surface area contributed by atoms with E-state index in [0.29, 0.717) is 0 Å². The molecule has 3 nitrogen and oxygen atoms in total. The zero-order chi connectivity index (χ0) is 7.84. The fraction of sp³-hybridized carbons (Fsp3) is 0. The number of aromatic nitrogens is 3. The normalized spacial score (nSPS) is 10.7. The van der Waals surface area contributed by atoms with Crippen LogP contribution < -0.4 is 0 Å². The van der Waals surface area contributed by atoms with Gasteiger partial charge < -0.3 is 0 Å². The number of halogens is 2. The van der Waals surface area contributed by atoms with Gasteiger partial charge in [0.15, 0.2) is 9.48 Å². The van der Waals surface area contributed by atoms with Gasteiger partial charge in [-0.25, -0.2) is 9.97 Å². The third-order valence-corrected chi connectivity index (χ3v) is 2.80. The predicted molar refractivity (Wildman–Crippen MR) is 58.4 cm³/mol. The highest BCUT2D eigenvalue weighted by Gasteiger charge is 2.04. The van der Waals surface area contributed by atoms with Gasteiger partial charge in [0.05, 0.1) is 0 Å². The van der Waals surface area contributed by atoms with Gasteiger partial charge >= 0.3 is 0 Å². The Morgan fingerprint density at radius 2 is 2.18 bits per heavy atom. The first-order valence-corrected chi connectivity index (χ1v) is 5.09. The van der Waals surface area contributed by atoms with Crippen LogP contribution in [-0.2, 0) is 0 Å². The first-order valence-electron chi connectivity index (χ1n) is 2.93. The standard InChI is InChI=1S/C6H3I2N3/c7-4-5-9-2-1-3-11(5)6(8)10-4/h1-3H. The van der Waals surface area contributed by atoms with E-state index in [0.717, 1.165) is 13.2 Å². The number of rotatable bonds is 0. The van der Waals surface area contributed by atoms with Crippen molar-refractivity contribution < 1.29 is 0 Å². The molecule has 0 spiro atoms. The fourth-order valence-electron chi connectivity index (χ4n) is 0.857. The number of hydrogen-bond donors (Lipinski definition) is 0. The van der Waals surface area contributed by atoms with E-state index in [1.807, 2.05) is 16.7 Å². The van der Waals surface area contributed by atoms with Crippen molar-refractivity contribution in [3.63, 3.8) is 0 Å². The molecule has 2 aromatic rings. The van der Waals surface area contributed by atoms with Crippen molar-refractivity contribution >= 4 is 50.8 Å². The van der Waals surface area contributed by atoms with E-state index in [1.54, 1.807) is 6.20 Å². The largest absolute Gasteiger partial charge is 0.279 e. The van der Waals surface area contributed by atoms with Crippen LogP contribution in [0.5, 0.6) is 0 Å². The Morgan fingerprint density at radius 1 is 1.36 bits per heavy atom. The molecule has 0 unspecified atom stereocenters. The summed E-state index contributed by atoms with van der Waals surface area (Å²) in [5, 5.41) is 0. The van der Waals surface area contributed by atoms with Crippen molar-refractivity contribution in [1.82, 2.24) is 14.4 Å². The number of hydrogen-bond acceptors (Lipinski definition) is 2. The lowest BCUT2D eigenvalue weighted by Crippen LogP contribution is -1.87. The Balaban J connectivity index is 2.95. The van der Waals surface area contributed by atoms with Crippen LogP contribution in [0.4, 0.5) is 0 Å². The summed E-state index contributed by atoms with van der Waals surface area (Å²) >= 11 is 4.37. The van der Waals surface area contributed by atoms with Gasteiger partial charge in [0.25, 0.3) is 0 Å². The fourth-order valence-corrected chi connectivity index (χ4v) is 2.58. The van der Waals surface area contributed by atoms with E-state index in [9.17, 15) is 0 Å². The maximum Gasteiger partial charge on any atom is 0.178 e. The Morgan fingerprint density at radius 3 is 2.91 bits per heavy atom. The molecule has 0 N–H and O–H groups in total. The molecular formula is C6H3I2N3. The third kappa shape index (κ3) is 1.24. The van der Waals surface area contributed by atoms with Crippen LogP contribution in [0.1, 0.15) is 0 Å². The first kappa shape index (κ1) is 7.71. The summed E-state index contributed by atoms with van der Waals surface area (Å²) in [6, 6.07) is 1.90. The SMILES string of the molecule is Ic1nc(I)n2cccnc12. The van der Waals surface area contributed by atoms with Crippen LogP contribution in [0.15, 0.2) is 18.5 Å². The van der Waals surface area contributed by atoms with Gasteiger partial charge in [-0.3, -0.25) is 4.40 Å². The summed E-state index contributed by atoms with van der Waals surface area (Å²) in [5.41, 5.74) is 0.928. The molecule has 11 heavy (non-hydrogen) atoms. The van der Waals surface area contributed by atoms with Gasteiger partial charge in [-0.2, -0.15) is 0 Å². The summed E-state index contributed by atoms with van der Waals surface area (Å²) < 4.78 is 3.87. The molecule has 0 amide bonds. The minimum Gasteiger partial charge on any atom is -0.279 e. The minimum atomic E-state index is 0.928. The predicted octanol–water partition coefficient (Wildman–Crippen LogP) is 1.94. The highest BCUT2D eigenvalue weighted by molar-refractivity contribution is 14.1. The van der Waals surface area contributed by atoms with Gasteiger partial charge in [0.1, 0.15) is 3.70 Å². The highest BCUT2D eigenvalue weighted by atomic mass is 127. The molecule has 0 aromatic carbocycles. The summed E-state index contributed by atoms with van der Waals surface area (Å²) in [4.78, 5) is 8.45. The lowest BCUT2D eigenvalue weighted by Gasteiger charge is -1.90. The molecular weight excluding hydrogens is 368 g/mol. The van der Waals surface area contributed by atoms with Gasteiger partial charge in [0, 0.05) is 35.0 Å². The highest BCUT2D eigenvalue weighted by Crippen LogP contribution is 2.13.